The van der Waals surface area contributed by atoms with E-state index in [1.165, 1.54) is 30.7 Å². The Bertz CT molecular complexity index is 803. The van der Waals surface area contributed by atoms with Gasteiger partial charge in [-0.05, 0) is 23.0 Å². The van der Waals surface area contributed by atoms with E-state index in [1.54, 1.807) is 29.6 Å². The van der Waals surface area contributed by atoms with Crippen molar-refractivity contribution < 1.29 is 18.2 Å². The molecule has 0 radical (unpaired) electrons. The summed E-state index contributed by atoms with van der Waals surface area (Å²) in [6.45, 7) is 0. The average molecular weight is 322 g/mol. The minimum Gasteiger partial charge on any atom is -0.495 e. The van der Waals surface area contributed by atoms with Crippen LogP contribution in [-0.4, -0.2) is 38.1 Å². The van der Waals surface area contributed by atoms with Gasteiger partial charge in [-0.25, -0.2) is 8.42 Å². The van der Waals surface area contributed by atoms with Gasteiger partial charge >= 0.3 is 7.05 Å². The van der Waals surface area contributed by atoms with Gasteiger partial charge in [0.05, 0.1) is 13.3 Å². The summed E-state index contributed by atoms with van der Waals surface area (Å²) in [5.41, 5.74) is 0.522. The zero-order valence-electron chi connectivity index (χ0n) is 11.0. The average Bonchev–Trinajstić information content (AvgIpc) is 2.96. The Morgan fingerprint density at radius 1 is 1.33 bits per heavy atom. The molecule has 0 bridgehead atoms. The van der Waals surface area contributed by atoms with Crippen molar-refractivity contribution >= 4 is 40.1 Å². The first-order valence-electron chi connectivity index (χ1n) is 6.02. The van der Waals surface area contributed by atoms with Crippen LogP contribution >= 0.6 is 11.3 Å². The fourth-order valence-corrected chi connectivity index (χ4v) is 4.25. The first-order valence-corrected chi connectivity index (χ1v) is 8.34. The number of sulfonamides is 1. The minimum atomic E-state index is -4.01. The molecule has 1 N–H and O–H groups in total. The Hall–Kier alpha value is -1.84. The van der Waals surface area contributed by atoms with Crippen LogP contribution in [0.25, 0.3) is 0 Å². The van der Waals surface area contributed by atoms with E-state index in [2.05, 4.69) is 5.10 Å². The third kappa shape index (κ3) is 2.23. The molecule has 0 saturated carbocycles. The van der Waals surface area contributed by atoms with E-state index in [0.29, 0.717) is 9.79 Å². The van der Waals surface area contributed by atoms with Gasteiger partial charge in [0.25, 0.3) is 10.0 Å². The number of thiophene rings is 1. The number of hydrogen-bond donors (Lipinski definition) is 1. The molecule has 0 saturated heterocycles. The largest absolute Gasteiger partial charge is 0.495 e. The van der Waals surface area contributed by atoms with Gasteiger partial charge in [-0.2, -0.15) is 9.43 Å². The first-order chi connectivity index (χ1) is 10.1. The van der Waals surface area contributed by atoms with Gasteiger partial charge in [-0.15, -0.1) is 11.3 Å². The third-order valence-electron chi connectivity index (χ3n) is 3.10. The Morgan fingerprint density at radius 2 is 2.10 bits per heavy atom. The van der Waals surface area contributed by atoms with Crippen molar-refractivity contribution in [2.75, 3.05) is 7.11 Å². The lowest BCUT2D eigenvalue weighted by Gasteiger charge is -2.25. The second-order valence-corrected chi connectivity index (χ2v) is 7.00. The van der Waals surface area contributed by atoms with E-state index in [1.807, 2.05) is 0 Å². The molecule has 0 fully saturated rings. The van der Waals surface area contributed by atoms with E-state index in [9.17, 15) is 13.4 Å². The number of ether oxygens (including phenoxy) is 1. The van der Waals surface area contributed by atoms with Crippen LogP contribution < -0.4 is 10.2 Å². The van der Waals surface area contributed by atoms with Crippen molar-refractivity contribution in [3.8, 4) is 5.75 Å². The normalized spacial score (nSPS) is 14.2. The molecule has 1 aromatic carbocycles. The number of rotatable bonds is 3. The summed E-state index contributed by atoms with van der Waals surface area (Å²) in [5.74, 6) is 0.205. The highest BCUT2D eigenvalue weighted by atomic mass is 32.2. The van der Waals surface area contributed by atoms with Gasteiger partial charge < -0.3 is 9.76 Å². The lowest BCUT2D eigenvalue weighted by Crippen LogP contribution is -2.51. The highest BCUT2D eigenvalue weighted by Gasteiger charge is 2.39. The van der Waals surface area contributed by atoms with Crippen molar-refractivity contribution in [1.29, 1.82) is 0 Å². The SMILES string of the molecule is COc1ccccc1S(=O)(=O)N1N=Cc2sccc2B1O. The Kier molecular flexibility index (Phi) is 3.48. The highest BCUT2D eigenvalue weighted by molar-refractivity contribution is 7.90. The summed E-state index contributed by atoms with van der Waals surface area (Å²) in [5, 5.41) is 15.9. The zero-order chi connectivity index (χ0) is 15.0. The molecule has 6 nitrogen and oxygen atoms in total. The predicted molar refractivity (Wildman–Crippen MR) is 81.5 cm³/mol. The number of hydrogen-bond acceptors (Lipinski definition) is 6. The maximum absolute atomic E-state index is 12.7. The summed E-state index contributed by atoms with van der Waals surface area (Å²) < 4.78 is 31.1. The van der Waals surface area contributed by atoms with Gasteiger partial charge in [-0.3, -0.25) is 0 Å². The molecule has 21 heavy (non-hydrogen) atoms. The fraction of sp³-hybridized carbons (Fsp3) is 0.0833. The molecule has 0 aliphatic carbocycles. The maximum Gasteiger partial charge on any atom is 0.485 e. The predicted octanol–water partition coefficient (Wildman–Crippen LogP) is 0.483. The molecule has 108 valence electrons. The van der Waals surface area contributed by atoms with Crippen molar-refractivity contribution in [1.82, 2.24) is 4.33 Å². The van der Waals surface area contributed by atoms with E-state index >= 15 is 0 Å². The topological polar surface area (TPSA) is 79.2 Å². The second-order valence-electron chi connectivity index (χ2n) is 4.29. The summed E-state index contributed by atoms with van der Waals surface area (Å²) in [4.78, 5) is 0.705. The summed E-state index contributed by atoms with van der Waals surface area (Å²) in [6, 6.07) is 7.90. The molecule has 2 aromatic rings. The monoisotopic (exact) mass is 322 g/mol. The number of fused-ring (bicyclic) bond motifs is 1. The van der Waals surface area contributed by atoms with Gasteiger partial charge in [0.15, 0.2) is 0 Å². The molecule has 0 atom stereocenters. The quantitative estimate of drug-likeness (QED) is 0.834. The van der Waals surface area contributed by atoms with Gasteiger partial charge in [0.2, 0.25) is 0 Å². The highest BCUT2D eigenvalue weighted by Crippen LogP contribution is 2.28. The molecule has 0 unspecified atom stereocenters. The van der Waals surface area contributed by atoms with Crippen LogP contribution in [0, 0.1) is 0 Å². The van der Waals surface area contributed by atoms with Crippen LogP contribution in [0.2, 0.25) is 0 Å². The Balaban J connectivity index is 2.08. The molecule has 3 rings (SSSR count). The molecular weight excluding hydrogens is 311 g/mol. The van der Waals surface area contributed by atoms with Crippen molar-refractivity contribution in [2.45, 2.75) is 4.90 Å². The zero-order valence-corrected chi connectivity index (χ0v) is 12.6. The summed E-state index contributed by atoms with van der Waals surface area (Å²) in [7, 11) is -3.96. The van der Waals surface area contributed by atoms with Gasteiger partial charge in [-0.1, -0.05) is 18.2 Å². The summed E-state index contributed by atoms with van der Waals surface area (Å²) >= 11 is 1.39. The second kappa shape index (κ2) is 5.17. The third-order valence-corrected chi connectivity index (χ3v) is 5.64. The number of nitrogens with zero attached hydrogens (tertiary/aromatic N) is 2. The molecular formula is C12H11BN2O4S2. The Labute approximate surface area is 126 Å². The van der Waals surface area contributed by atoms with E-state index in [4.69, 9.17) is 4.74 Å². The smallest absolute Gasteiger partial charge is 0.485 e. The van der Waals surface area contributed by atoms with Crippen molar-refractivity contribution in [3.63, 3.8) is 0 Å². The van der Waals surface area contributed by atoms with Gasteiger partial charge in [0.1, 0.15) is 10.6 Å². The molecule has 1 aromatic heterocycles. The van der Waals surface area contributed by atoms with Crippen molar-refractivity contribution in [2.24, 2.45) is 5.10 Å². The fourth-order valence-electron chi connectivity index (χ4n) is 2.07. The van der Waals surface area contributed by atoms with Crippen LogP contribution in [0.3, 0.4) is 0 Å². The van der Waals surface area contributed by atoms with Gasteiger partial charge in [0, 0.05) is 4.88 Å². The minimum absolute atomic E-state index is 0.0395. The van der Waals surface area contributed by atoms with Crippen LogP contribution in [0.4, 0.5) is 0 Å². The molecule has 0 amide bonds. The first kappa shape index (κ1) is 14.1. The number of benzene rings is 1. The van der Waals surface area contributed by atoms with Crippen LogP contribution in [0.5, 0.6) is 5.75 Å². The van der Waals surface area contributed by atoms with Crippen molar-refractivity contribution in [3.05, 3.63) is 40.6 Å². The number of methoxy groups -OCH3 is 1. The molecule has 9 heteroatoms. The van der Waals surface area contributed by atoms with E-state index in [-0.39, 0.29) is 10.6 Å². The standard InChI is InChI=1S/C12H11BN2O4S2/c1-19-10-4-2-3-5-12(10)21(17,18)15-13(16)9-6-7-20-11(9)8-14-15/h2-8,16H,1H3. The maximum atomic E-state index is 12.7. The molecule has 1 aliphatic rings. The van der Waals surface area contributed by atoms with E-state index in [0.717, 1.165) is 4.88 Å². The summed E-state index contributed by atoms with van der Waals surface area (Å²) in [6.07, 6.45) is 1.43. The van der Waals surface area contributed by atoms with Crippen LogP contribution in [0.15, 0.2) is 45.7 Å². The molecule has 1 aliphatic heterocycles. The number of para-hydroxylation sites is 1. The van der Waals surface area contributed by atoms with Crippen LogP contribution in [0.1, 0.15) is 4.88 Å². The van der Waals surface area contributed by atoms with Crippen LogP contribution in [-0.2, 0) is 10.0 Å². The lowest BCUT2D eigenvalue weighted by atomic mass is 9.75. The molecule has 0 spiro atoms. The Morgan fingerprint density at radius 3 is 2.86 bits per heavy atom. The number of hydrazone groups is 1. The molecule has 2 heterocycles. The van der Waals surface area contributed by atoms with E-state index < -0.39 is 17.1 Å². The lowest BCUT2D eigenvalue weighted by molar-refractivity contribution is 0.400.